The third-order valence-corrected chi connectivity index (χ3v) is 3.52. The minimum Gasteiger partial charge on any atom is -0.368 e. The number of hydrogen-bond acceptors (Lipinski definition) is 2. The van der Waals surface area contributed by atoms with Gasteiger partial charge in [0.15, 0.2) is 0 Å². The molecule has 2 rings (SSSR count). The van der Waals surface area contributed by atoms with Crippen LogP contribution in [0, 0.1) is 0 Å². The van der Waals surface area contributed by atoms with Gasteiger partial charge in [0.05, 0.1) is 11.7 Å². The lowest BCUT2D eigenvalue weighted by Crippen LogP contribution is -2.24. The molecule has 0 aromatic carbocycles. The molecule has 1 aliphatic heterocycles. The van der Waals surface area contributed by atoms with Gasteiger partial charge in [0.1, 0.15) is 0 Å². The topological polar surface area (TPSA) is 35.2 Å². The highest BCUT2D eigenvalue weighted by atomic mass is 16.5. The minimum absolute atomic E-state index is 0.0819. The Morgan fingerprint density at radius 3 is 2.80 bits per heavy atom. The summed E-state index contributed by atoms with van der Waals surface area (Å²) < 4.78 is 5.97. The lowest BCUT2D eigenvalue weighted by Gasteiger charge is -2.22. The van der Waals surface area contributed by atoms with E-state index >= 15 is 0 Å². The predicted octanol–water partition coefficient (Wildman–Crippen LogP) is 2.77. The average molecular weight is 209 g/mol. The molecule has 86 valence electrons. The largest absolute Gasteiger partial charge is 0.368 e. The molecule has 2 fully saturated rings. The molecule has 2 heteroatoms. The zero-order chi connectivity index (χ0) is 10.9. The van der Waals surface area contributed by atoms with Crippen LogP contribution in [0.5, 0.6) is 0 Å². The Balaban J connectivity index is 1.92. The normalized spacial score (nSPS) is 38.5. The summed E-state index contributed by atoms with van der Waals surface area (Å²) >= 11 is 0. The van der Waals surface area contributed by atoms with Gasteiger partial charge < -0.3 is 10.5 Å². The fourth-order valence-electron chi connectivity index (χ4n) is 2.68. The zero-order valence-electron chi connectivity index (χ0n) is 9.96. The monoisotopic (exact) mass is 209 g/mol. The second-order valence-corrected chi connectivity index (χ2v) is 5.64. The van der Waals surface area contributed by atoms with E-state index in [1.165, 1.54) is 37.7 Å². The van der Waals surface area contributed by atoms with Crippen molar-refractivity contribution in [2.45, 2.75) is 70.1 Å². The van der Waals surface area contributed by atoms with Crippen molar-refractivity contribution in [3.63, 3.8) is 0 Å². The Bertz CT molecular complexity index is 257. The second-order valence-electron chi connectivity index (χ2n) is 5.64. The molecule has 1 saturated heterocycles. The predicted molar refractivity (Wildman–Crippen MR) is 62.7 cm³/mol. The van der Waals surface area contributed by atoms with Crippen molar-refractivity contribution in [2.24, 2.45) is 5.73 Å². The van der Waals surface area contributed by atoms with E-state index in [1.807, 2.05) is 0 Å². The van der Waals surface area contributed by atoms with E-state index in [9.17, 15) is 0 Å². The Morgan fingerprint density at radius 1 is 1.40 bits per heavy atom. The Hall–Kier alpha value is -0.340. The SMILES string of the molecule is CC1(C)CCC(/C=C2/CCCC(N)C2)O1. The van der Waals surface area contributed by atoms with Crippen LogP contribution in [0.2, 0.25) is 0 Å². The van der Waals surface area contributed by atoms with Crippen LogP contribution in [-0.2, 0) is 4.74 Å². The molecule has 2 N–H and O–H groups in total. The summed E-state index contributed by atoms with van der Waals surface area (Å²) in [5.41, 5.74) is 7.58. The molecular formula is C13H23NO. The van der Waals surface area contributed by atoms with Crippen molar-refractivity contribution in [1.82, 2.24) is 0 Å². The van der Waals surface area contributed by atoms with Crippen LogP contribution in [-0.4, -0.2) is 17.7 Å². The third-order valence-electron chi connectivity index (χ3n) is 3.52. The van der Waals surface area contributed by atoms with Gasteiger partial charge in [-0.25, -0.2) is 0 Å². The zero-order valence-corrected chi connectivity index (χ0v) is 9.96. The van der Waals surface area contributed by atoms with Crippen LogP contribution in [0.15, 0.2) is 11.6 Å². The van der Waals surface area contributed by atoms with E-state index in [1.54, 1.807) is 0 Å². The summed E-state index contributed by atoms with van der Waals surface area (Å²) in [5.74, 6) is 0. The highest BCUT2D eigenvalue weighted by Crippen LogP contribution is 2.32. The summed E-state index contributed by atoms with van der Waals surface area (Å²) in [6.07, 6.45) is 9.79. The lowest BCUT2D eigenvalue weighted by molar-refractivity contribution is 0.00473. The highest BCUT2D eigenvalue weighted by molar-refractivity contribution is 5.11. The van der Waals surface area contributed by atoms with E-state index in [2.05, 4.69) is 19.9 Å². The van der Waals surface area contributed by atoms with Gasteiger partial charge >= 0.3 is 0 Å². The smallest absolute Gasteiger partial charge is 0.0766 e. The first-order chi connectivity index (χ1) is 7.05. The second kappa shape index (κ2) is 4.26. The summed E-state index contributed by atoms with van der Waals surface area (Å²) in [6, 6.07) is 0.388. The molecule has 15 heavy (non-hydrogen) atoms. The molecule has 2 atom stereocenters. The van der Waals surface area contributed by atoms with Crippen molar-refractivity contribution >= 4 is 0 Å². The molecule has 1 heterocycles. The fourth-order valence-corrected chi connectivity index (χ4v) is 2.68. The van der Waals surface area contributed by atoms with Gasteiger partial charge in [0.25, 0.3) is 0 Å². The maximum atomic E-state index is 5.97. The molecule has 0 amide bonds. The molecule has 2 unspecified atom stereocenters. The van der Waals surface area contributed by atoms with Crippen molar-refractivity contribution in [2.75, 3.05) is 0 Å². The first-order valence-electron chi connectivity index (χ1n) is 6.18. The average Bonchev–Trinajstić information content (AvgIpc) is 2.45. The highest BCUT2D eigenvalue weighted by Gasteiger charge is 2.30. The van der Waals surface area contributed by atoms with Crippen LogP contribution in [0.3, 0.4) is 0 Å². The third kappa shape index (κ3) is 3.05. The maximum Gasteiger partial charge on any atom is 0.0766 e. The fraction of sp³-hybridized carbons (Fsp3) is 0.846. The van der Waals surface area contributed by atoms with Gasteiger partial charge in [-0.1, -0.05) is 11.6 Å². The molecule has 0 radical (unpaired) electrons. The lowest BCUT2D eigenvalue weighted by atomic mass is 9.90. The van der Waals surface area contributed by atoms with Crippen LogP contribution in [0.1, 0.15) is 52.4 Å². The number of nitrogens with two attached hydrogens (primary N) is 1. The maximum absolute atomic E-state index is 5.97. The summed E-state index contributed by atoms with van der Waals surface area (Å²) in [6.45, 7) is 4.36. The van der Waals surface area contributed by atoms with Crippen LogP contribution in [0.25, 0.3) is 0 Å². The Morgan fingerprint density at radius 2 is 2.20 bits per heavy atom. The molecule has 0 aromatic rings. The molecule has 0 bridgehead atoms. The standard InChI is InChI=1S/C13H23NO/c1-13(2)7-6-12(15-13)9-10-4-3-5-11(14)8-10/h9,11-12H,3-8,14H2,1-2H3/b10-9-. The van der Waals surface area contributed by atoms with Crippen LogP contribution < -0.4 is 5.73 Å². The van der Waals surface area contributed by atoms with Crippen molar-refractivity contribution in [3.8, 4) is 0 Å². The van der Waals surface area contributed by atoms with E-state index in [0.29, 0.717) is 12.1 Å². The number of hydrogen-bond donors (Lipinski definition) is 1. The van der Waals surface area contributed by atoms with E-state index in [0.717, 1.165) is 6.42 Å². The van der Waals surface area contributed by atoms with Gasteiger partial charge in [-0.15, -0.1) is 0 Å². The Labute approximate surface area is 92.9 Å². The molecule has 1 saturated carbocycles. The minimum atomic E-state index is 0.0819. The van der Waals surface area contributed by atoms with Crippen molar-refractivity contribution < 1.29 is 4.74 Å². The molecule has 2 aliphatic rings. The van der Waals surface area contributed by atoms with Gasteiger partial charge in [0, 0.05) is 6.04 Å². The van der Waals surface area contributed by atoms with Gasteiger partial charge in [-0.05, 0) is 52.4 Å². The van der Waals surface area contributed by atoms with Gasteiger partial charge in [-0.3, -0.25) is 0 Å². The van der Waals surface area contributed by atoms with E-state index in [-0.39, 0.29) is 5.60 Å². The Kier molecular flexibility index (Phi) is 3.17. The molecule has 2 nitrogen and oxygen atoms in total. The van der Waals surface area contributed by atoms with Crippen molar-refractivity contribution in [3.05, 3.63) is 11.6 Å². The first kappa shape index (κ1) is 11.2. The number of rotatable bonds is 1. The van der Waals surface area contributed by atoms with E-state index in [4.69, 9.17) is 10.5 Å². The summed E-state index contributed by atoms with van der Waals surface area (Å²) in [4.78, 5) is 0. The molecule has 0 spiro atoms. The first-order valence-corrected chi connectivity index (χ1v) is 6.18. The van der Waals surface area contributed by atoms with Crippen LogP contribution in [0.4, 0.5) is 0 Å². The van der Waals surface area contributed by atoms with Gasteiger partial charge in [0.2, 0.25) is 0 Å². The quantitative estimate of drug-likeness (QED) is 0.674. The summed E-state index contributed by atoms with van der Waals surface area (Å²) in [5, 5.41) is 0. The molecule has 1 aliphatic carbocycles. The molecular weight excluding hydrogens is 186 g/mol. The van der Waals surface area contributed by atoms with Crippen LogP contribution >= 0.6 is 0 Å². The van der Waals surface area contributed by atoms with Crippen molar-refractivity contribution in [1.29, 1.82) is 0 Å². The van der Waals surface area contributed by atoms with Gasteiger partial charge in [-0.2, -0.15) is 0 Å². The van der Waals surface area contributed by atoms with E-state index < -0.39 is 0 Å². The molecule has 0 aromatic heterocycles. The summed E-state index contributed by atoms with van der Waals surface area (Å²) in [7, 11) is 0. The number of ether oxygens (including phenoxy) is 1.